The van der Waals surface area contributed by atoms with Crippen LogP contribution in [0.2, 0.25) is 0 Å². The maximum atomic E-state index is 11.8. The van der Waals surface area contributed by atoms with Gasteiger partial charge >= 0.3 is 12.2 Å². The van der Waals surface area contributed by atoms with Crippen LogP contribution < -0.4 is 15.4 Å². The third kappa shape index (κ3) is 5.91. The zero-order chi connectivity index (χ0) is 17.6. The van der Waals surface area contributed by atoms with E-state index in [9.17, 15) is 9.59 Å². The molecule has 2 N–H and O–H groups in total. The highest BCUT2D eigenvalue weighted by Crippen LogP contribution is 2.13. The van der Waals surface area contributed by atoms with Gasteiger partial charge in [-0.15, -0.1) is 0 Å². The summed E-state index contributed by atoms with van der Waals surface area (Å²) in [5, 5.41) is 4.91. The average molecular weight is 330 g/mol. The number of nitrogens with one attached hydrogen (secondary N) is 2. The van der Waals surface area contributed by atoms with Gasteiger partial charge in [0.05, 0.1) is 0 Å². The first-order valence-electron chi connectivity index (χ1n) is 7.18. The fourth-order valence-electron chi connectivity index (χ4n) is 1.63. The van der Waals surface area contributed by atoms with E-state index in [1.54, 1.807) is 45.0 Å². The van der Waals surface area contributed by atoms with Gasteiger partial charge in [-0.2, -0.15) is 0 Å². The van der Waals surface area contributed by atoms with Gasteiger partial charge in [-0.25, -0.2) is 19.6 Å². The third-order valence-corrected chi connectivity index (χ3v) is 2.48. The molecule has 0 atom stereocenters. The summed E-state index contributed by atoms with van der Waals surface area (Å²) in [6, 6.07) is 9.98. The van der Waals surface area contributed by atoms with Crippen molar-refractivity contribution in [3.05, 3.63) is 42.7 Å². The number of aromatic nitrogens is 2. The molecule has 2 rings (SSSR count). The third-order valence-electron chi connectivity index (χ3n) is 2.48. The fourth-order valence-corrected chi connectivity index (χ4v) is 1.63. The minimum absolute atomic E-state index is 0.178. The Morgan fingerprint density at radius 3 is 2.12 bits per heavy atom. The highest BCUT2D eigenvalue weighted by Gasteiger charge is 2.17. The highest BCUT2D eigenvalue weighted by atomic mass is 16.6. The lowest BCUT2D eigenvalue weighted by Gasteiger charge is -2.19. The standard InChI is InChI=1S/C16H18N4O4/c1-16(2,3)24-15(22)20-13-9-12(17-10-18-13)19-14(21)23-11-7-5-4-6-8-11/h4-10H,1-3H3,(H2,17,18,19,20,21,22). The molecule has 1 heterocycles. The predicted octanol–water partition coefficient (Wildman–Crippen LogP) is 3.43. The molecule has 0 saturated carbocycles. The van der Waals surface area contributed by atoms with Crippen LogP contribution in [-0.4, -0.2) is 27.8 Å². The lowest BCUT2D eigenvalue weighted by Crippen LogP contribution is -2.27. The number of para-hydroxylation sites is 1. The fraction of sp³-hybridized carbons (Fsp3) is 0.250. The second kappa shape index (κ2) is 7.40. The van der Waals surface area contributed by atoms with Gasteiger partial charge in [-0.1, -0.05) is 18.2 Å². The van der Waals surface area contributed by atoms with E-state index in [1.807, 2.05) is 6.07 Å². The lowest BCUT2D eigenvalue weighted by molar-refractivity contribution is 0.0635. The number of carbonyl (C=O) groups is 2. The summed E-state index contributed by atoms with van der Waals surface area (Å²) in [6.45, 7) is 5.25. The smallest absolute Gasteiger partial charge is 0.418 e. The first-order chi connectivity index (χ1) is 11.3. The number of anilines is 2. The Hall–Kier alpha value is -3.16. The number of hydrogen-bond acceptors (Lipinski definition) is 6. The van der Waals surface area contributed by atoms with Crippen molar-refractivity contribution >= 4 is 23.8 Å². The maximum absolute atomic E-state index is 11.8. The number of benzene rings is 1. The number of ether oxygens (including phenoxy) is 2. The van der Waals surface area contributed by atoms with Gasteiger partial charge in [0.1, 0.15) is 29.3 Å². The normalized spacial score (nSPS) is 10.6. The molecule has 0 unspecified atom stereocenters. The molecule has 0 bridgehead atoms. The second-order valence-electron chi connectivity index (χ2n) is 5.74. The van der Waals surface area contributed by atoms with Crippen LogP contribution in [-0.2, 0) is 4.74 Å². The van der Waals surface area contributed by atoms with Crippen molar-refractivity contribution in [2.24, 2.45) is 0 Å². The van der Waals surface area contributed by atoms with Crippen LogP contribution in [0.15, 0.2) is 42.7 Å². The molecule has 0 aliphatic rings. The quantitative estimate of drug-likeness (QED) is 0.893. The molecule has 1 aromatic carbocycles. The van der Waals surface area contributed by atoms with Crippen LogP contribution >= 0.6 is 0 Å². The van der Waals surface area contributed by atoms with Crippen molar-refractivity contribution in [2.75, 3.05) is 10.6 Å². The van der Waals surface area contributed by atoms with Gasteiger partial charge in [0.15, 0.2) is 0 Å². The van der Waals surface area contributed by atoms with Crippen LogP contribution in [0.1, 0.15) is 20.8 Å². The summed E-state index contributed by atoms with van der Waals surface area (Å²) in [4.78, 5) is 31.3. The first-order valence-corrected chi connectivity index (χ1v) is 7.18. The molecule has 2 amide bonds. The highest BCUT2D eigenvalue weighted by molar-refractivity contribution is 5.87. The Morgan fingerprint density at radius 1 is 0.958 bits per heavy atom. The summed E-state index contributed by atoms with van der Waals surface area (Å²) in [6.07, 6.45) is -0.160. The van der Waals surface area contributed by atoms with Gasteiger partial charge in [-0.3, -0.25) is 10.6 Å². The average Bonchev–Trinajstić information content (AvgIpc) is 2.46. The van der Waals surface area contributed by atoms with Crippen LogP contribution in [0, 0.1) is 0 Å². The Labute approximate surface area is 139 Å². The maximum Gasteiger partial charge on any atom is 0.418 e. The summed E-state index contributed by atoms with van der Waals surface area (Å²) in [5.74, 6) is 0.766. The molecule has 2 aromatic rings. The van der Waals surface area contributed by atoms with E-state index in [1.165, 1.54) is 12.4 Å². The molecule has 126 valence electrons. The van der Waals surface area contributed by atoms with Crippen molar-refractivity contribution < 1.29 is 19.1 Å². The van der Waals surface area contributed by atoms with Crippen LogP contribution in [0.3, 0.4) is 0 Å². The minimum atomic E-state index is -0.705. The van der Waals surface area contributed by atoms with E-state index < -0.39 is 17.8 Å². The predicted molar refractivity (Wildman–Crippen MR) is 88.0 cm³/mol. The molecule has 24 heavy (non-hydrogen) atoms. The van der Waals surface area contributed by atoms with Crippen LogP contribution in [0.4, 0.5) is 21.2 Å². The van der Waals surface area contributed by atoms with Crippen LogP contribution in [0.5, 0.6) is 5.75 Å². The molecule has 8 nitrogen and oxygen atoms in total. The van der Waals surface area contributed by atoms with E-state index in [0.29, 0.717) is 5.75 Å². The van der Waals surface area contributed by atoms with Crippen molar-refractivity contribution in [1.82, 2.24) is 9.97 Å². The van der Waals surface area contributed by atoms with Crippen molar-refractivity contribution in [1.29, 1.82) is 0 Å². The SMILES string of the molecule is CC(C)(C)OC(=O)Nc1cc(NC(=O)Oc2ccccc2)ncn1. The summed E-state index contributed by atoms with van der Waals surface area (Å²) < 4.78 is 10.2. The van der Waals surface area contributed by atoms with Crippen LogP contribution in [0.25, 0.3) is 0 Å². The minimum Gasteiger partial charge on any atom is -0.444 e. The van der Waals surface area contributed by atoms with Gasteiger partial charge in [-0.05, 0) is 32.9 Å². The second-order valence-corrected chi connectivity index (χ2v) is 5.74. The molecule has 0 aliphatic carbocycles. The molecule has 0 saturated heterocycles. The number of nitrogens with zero attached hydrogens (tertiary/aromatic N) is 2. The van der Waals surface area contributed by atoms with E-state index in [2.05, 4.69) is 20.6 Å². The van der Waals surface area contributed by atoms with Crippen molar-refractivity contribution in [2.45, 2.75) is 26.4 Å². The Morgan fingerprint density at radius 2 is 1.54 bits per heavy atom. The van der Waals surface area contributed by atoms with E-state index in [0.717, 1.165) is 0 Å². The van der Waals surface area contributed by atoms with Gasteiger partial charge in [0, 0.05) is 6.07 Å². The molecule has 0 spiro atoms. The zero-order valence-electron chi connectivity index (χ0n) is 13.6. The largest absolute Gasteiger partial charge is 0.444 e. The van der Waals surface area contributed by atoms with Crippen molar-refractivity contribution in [3.8, 4) is 5.75 Å². The molecule has 0 aliphatic heterocycles. The van der Waals surface area contributed by atoms with E-state index in [-0.39, 0.29) is 11.6 Å². The van der Waals surface area contributed by atoms with Gasteiger partial charge in [0.25, 0.3) is 0 Å². The number of rotatable bonds is 3. The van der Waals surface area contributed by atoms with Gasteiger partial charge < -0.3 is 9.47 Å². The Balaban J connectivity index is 1.95. The number of hydrogen-bond donors (Lipinski definition) is 2. The Bertz CT molecular complexity index is 714. The van der Waals surface area contributed by atoms with E-state index in [4.69, 9.17) is 9.47 Å². The van der Waals surface area contributed by atoms with Gasteiger partial charge in [0.2, 0.25) is 0 Å². The Kier molecular flexibility index (Phi) is 5.31. The molecule has 0 fully saturated rings. The molecular formula is C16H18N4O4. The summed E-state index contributed by atoms with van der Waals surface area (Å²) in [5.41, 5.74) is -0.627. The summed E-state index contributed by atoms with van der Waals surface area (Å²) in [7, 11) is 0. The monoisotopic (exact) mass is 330 g/mol. The lowest BCUT2D eigenvalue weighted by atomic mass is 10.2. The zero-order valence-corrected chi connectivity index (χ0v) is 13.6. The summed E-state index contributed by atoms with van der Waals surface area (Å²) >= 11 is 0. The molecule has 1 aromatic heterocycles. The first kappa shape index (κ1) is 17.2. The molecular weight excluding hydrogens is 312 g/mol. The number of amides is 2. The molecule has 0 radical (unpaired) electrons. The van der Waals surface area contributed by atoms with Crippen molar-refractivity contribution in [3.63, 3.8) is 0 Å². The number of carbonyl (C=O) groups excluding carboxylic acids is 2. The van der Waals surface area contributed by atoms with E-state index >= 15 is 0 Å². The molecule has 8 heteroatoms. The topological polar surface area (TPSA) is 102 Å².